The highest BCUT2D eigenvalue weighted by Crippen LogP contribution is 2.32. The van der Waals surface area contributed by atoms with Gasteiger partial charge >= 0.3 is 0 Å². The minimum atomic E-state index is -0.334. The predicted octanol–water partition coefficient (Wildman–Crippen LogP) is 3.99. The first-order valence-corrected chi connectivity index (χ1v) is 10.0. The van der Waals surface area contributed by atoms with E-state index in [2.05, 4.69) is 10.2 Å². The van der Waals surface area contributed by atoms with Gasteiger partial charge in [-0.1, -0.05) is 17.7 Å². The highest BCUT2D eigenvalue weighted by atomic mass is 35.5. The van der Waals surface area contributed by atoms with Crippen molar-refractivity contribution in [3.63, 3.8) is 0 Å². The molecule has 0 unspecified atom stereocenters. The number of methoxy groups -OCH3 is 1. The Morgan fingerprint density at radius 2 is 2.00 bits per heavy atom. The zero-order chi connectivity index (χ0) is 20.8. The molecular weight excluding hydrogens is 395 g/mol. The summed E-state index contributed by atoms with van der Waals surface area (Å²) in [5.41, 5.74) is 2.14. The fourth-order valence-electron chi connectivity index (χ4n) is 3.48. The lowest BCUT2D eigenvalue weighted by molar-refractivity contribution is 0.201. The fourth-order valence-corrected chi connectivity index (χ4v) is 3.71. The Morgan fingerprint density at radius 3 is 2.66 bits per heavy atom. The maximum atomic E-state index is 13.9. The number of halogens is 2. The van der Waals surface area contributed by atoms with Crippen molar-refractivity contribution >= 4 is 17.3 Å². The first kappa shape index (κ1) is 21.7. The number of anilines is 1. The molecule has 0 aromatic heterocycles. The minimum absolute atomic E-state index is 0.0820. The fraction of sp³-hybridized carbons (Fsp3) is 0.409. The molecule has 0 bridgehead atoms. The molecule has 0 spiro atoms. The van der Waals surface area contributed by atoms with E-state index in [1.807, 2.05) is 6.07 Å². The second-order valence-electron chi connectivity index (χ2n) is 7.11. The van der Waals surface area contributed by atoms with Gasteiger partial charge in [-0.2, -0.15) is 0 Å². The van der Waals surface area contributed by atoms with Crippen molar-refractivity contribution in [3.05, 3.63) is 59.2 Å². The number of nitrogens with one attached hydrogen (secondary N) is 1. The zero-order valence-electron chi connectivity index (χ0n) is 16.5. The largest absolute Gasteiger partial charge is 0.494 e. The van der Waals surface area contributed by atoms with Crippen LogP contribution < -0.4 is 14.8 Å². The van der Waals surface area contributed by atoms with E-state index in [4.69, 9.17) is 33.1 Å². The molecule has 1 aliphatic rings. The summed E-state index contributed by atoms with van der Waals surface area (Å²) >= 11 is 6.33. The van der Waals surface area contributed by atoms with E-state index in [-0.39, 0.29) is 30.8 Å². The highest BCUT2D eigenvalue weighted by Gasteiger charge is 2.21. The first-order valence-electron chi connectivity index (χ1n) is 9.64. The maximum Gasteiger partial charge on any atom is 0.165 e. The lowest BCUT2D eigenvalue weighted by atomic mass is 10.0. The number of piperidine rings is 1. The Balaban J connectivity index is 1.55. The van der Waals surface area contributed by atoms with Crippen LogP contribution in [0, 0.1) is 12.7 Å². The normalized spacial score (nSPS) is 15.3. The molecule has 2 aromatic carbocycles. The van der Waals surface area contributed by atoms with Crippen molar-refractivity contribution in [2.45, 2.75) is 25.4 Å². The van der Waals surface area contributed by atoms with Gasteiger partial charge < -0.3 is 19.9 Å². The standard InChI is InChI=1S/C22H26ClFN2O3/c1-15-11-18(23)20(13-22(15)29-10-9-27)25-17-5-7-26(8-6-17)14-16-3-4-21(28-2)19(24)12-16/h1,3-4,11-13,17,25,27H,5-10,14H2,2H3. The van der Waals surface area contributed by atoms with Gasteiger partial charge in [-0.15, -0.1) is 0 Å². The molecule has 2 aromatic rings. The topological polar surface area (TPSA) is 54.0 Å². The lowest BCUT2D eigenvalue weighted by Crippen LogP contribution is -2.38. The van der Waals surface area contributed by atoms with Crippen molar-refractivity contribution in [1.82, 2.24) is 4.90 Å². The number of likely N-dealkylation sites (tertiary alicyclic amines) is 1. The van der Waals surface area contributed by atoms with Crippen LogP contribution in [0.25, 0.3) is 0 Å². The second-order valence-corrected chi connectivity index (χ2v) is 7.51. The van der Waals surface area contributed by atoms with Crippen LogP contribution in [-0.4, -0.2) is 49.5 Å². The maximum absolute atomic E-state index is 13.9. The molecule has 1 aliphatic heterocycles. The Morgan fingerprint density at radius 1 is 1.24 bits per heavy atom. The second kappa shape index (κ2) is 10.1. The van der Waals surface area contributed by atoms with Gasteiger partial charge in [0.25, 0.3) is 0 Å². The van der Waals surface area contributed by atoms with Crippen LogP contribution in [0.1, 0.15) is 24.0 Å². The molecule has 1 heterocycles. The molecule has 29 heavy (non-hydrogen) atoms. The molecular formula is C22H26ClFN2O3. The number of benzene rings is 2. The lowest BCUT2D eigenvalue weighted by Gasteiger charge is -2.33. The van der Waals surface area contributed by atoms with Crippen LogP contribution in [-0.2, 0) is 6.54 Å². The molecule has 2 radical (unpaired) electrons. The molecule has 0 saturated carbocycles. The summed E-state index contributed by atoms with van der Waals surface area (Å²) in [4.78, 5) is 2.31. The van der Waals surface area contributed by atoms with Crippen LogP contribution in [0.5, 0.6) is 11.5 Å². The van der Waals surface area contributed by atoms with Crippen LogP contribution in [0.3, 0.4) is 0 Å². The Kier molecular flexibility index (Phi) is 7.58. The minimum Gasteiger partial charge on any atom is -0.494 e. The number of nitrogens with zero attached hydrogens (tertiary/aromatic N) is 1. The van der Waals surface area contributed by atoms with Gasteiger partial charge in [-0.3, -0.25) is 4.90 Å². The molecule has 3 rings (SSSR count). The van der Waals surface area contributed by atoms with Crippen LogP contribution in [0.4, 0.5) is 10.1 Å². The van der Waals surface area contributed by atoms with Gasteiger partial charge in [0.15, 0.2) is 11.6 Å². The molecule has 0 aliphatic carbocycles. The van der Waals surface area contributed by atoms with Gasteiger partial charge in [0, 0.05) is 44.2 Å². The molecule has 156 valence electrons. The van der Waals surface area contributed by atoms with Crippen molar-refractivity contribution in [2.24, 2.45) is 0 Å². The number of aliphatic hydroxyl groups is 1. The van der Waals surface area contributed by atoms with Crippen molar-refractivity contribution in [1.29, 1.82) is 0 Å². The summed E-state index contributed by atoms with van der Waals surface area (Å²) in [5, 5.41) is 12.9. The molecule has 1 fully saturated rings. The summed E-state index contributed by atoms with van der Waals surface area (Å²) in [6.07, 6.45) is 1.87. The van der Waals surface area contributed by atoms with E-state index < -0.39 is 0 Å². The molecule has 0 amide bonds. The zero-order valence-corrected chi connectivity index (χ0v) is 17.2. The first-order chi connectivity index (χ1) is 14.0. The number of aliphatic hydroxyl groups excluding tert-OH is 1. The van der Waals surface area contributed by atoms with Crippen LogP contribution in [0.2, 0.25) is 5.02 Å². The van der Waals surface area contributed by atoms with Crippen molar-refractivity contribution in [3.8, 4) is 11.5 Å². The third kappa shape index (κ3) is 5.75. The third-order valence-electron chi connectivity index (χ3n) is 5.02. The van der Waals surface area contributed by atoms with Crippen LogP contribution >= 0.6 is 11.6 Å². The summed E-state index contributed by atoms with van der Waals surface area (Å²) in [6.45, 7) is 8.51. The Labute approximate surface area is 176 Å². The van der Waals surface area contributed by atoms with E-state index in [0.717, 1.165) is 37.2 Å². The quantitative estimate of drug-likeness (QED) is 0.676. The van der Waals surface area contributed by atoms with E-state index in [1.54, 1.807) is 18.2 Å². The molecule has 5 nitrogen and oxygen atoms in total. The van der Waals surface area contributed by atoms with Crippen LogP contribution in [0.15, 0.2) is 30.3 Å². The van der Waals surface area contributed by atoms with E-state index in [1.165, 1.54) is 13.2 Å². The van der Waals surface area contributed by atoms with E-state index >= 15 is 0 Å². The SMILES string of the molecule is [CH]c1cc(Cl)c(NC2CCN(Cc3ccc(OC)c(F)c3)CC2)cc1OCCO. The highest BCUT2D eigenvalue weighted by molar-refractivity contribution is 6.33. The molecule has 0 atom stereocenters. The van der Waals surface area contributed by atoms with Crippen molar-refractivity contribution < 1.29 is 19.0 Å². The average molecular weight is 421 g/mol. The van der Waals surface area contributed by atoms with E-state index in [0.29, 0.717) is 22.9 Å². The Hall–Kier alpha value is -2.02. The summed E-state index contributed by atoms with van der Waals surface area (Å²) in [5.74, 6) is 0.433. The van der Waals surface area contributed by atoms with Gasteiger partial charge in [-0.05, 0) is 36.6 Å². The van der Waals surface area contributed by atoms with Crippen molar-refractivity contribution in [2.75, 3.05) is 38.7 Å². The number of hydrogen-bond acceptors (Lipinski definition) is 5. The summed E-state index contributed by atoms with van der Waals surface area (Å²) in [6, 6.07) is 8.80. The number of hydrogen-bond donors (Lipinski definition) is 2. The average Bonchev–Trinajstić information content (AvgIpc) is 2.71. The predicted molar refractivity (Wildman–Crippen MR) is 112 cm³/mol. The van der Waals surface area contributed by atoms with Gasteiger partial charge in [-0.25, -0.2) is 4.39 Å². The van der Waals surface area contributed by atoms with Gasteiger partial charge in [0.2, 0.25) is 0 Å². The summed E-state index contributed by atoms with van der Waals surface area (Å²) in [7, 11) is 1.46. The monoisotopic (exact) mass is 420 g/mol. The van der Waals surface area contributed by atoms with Gasteiger partial charge in [0.05, 0.1) is 24.4 Å². The Bertz CT molecular complexity index is 826. The molecule has 2 N–H and O–H groups in total. The van der Waals surface area contributed by atoms with Gasteiger partial charge in [0.1, 0.15) is 12.4 Å². The molecule has 1 saturated heterocycles. The molecule has 7 heteroatoms. The number of ether oxygens (including phenoxy) is 2. The number of rotatable bonds is 8. The third-order valence-corrected chi connectivity index (χ3v) is 5.33. The summed E-state index contributed by atoms with van der Waals surface area (Å²) < 4.78 is 24.3. The van der Waals surface area contributed by atoms with E-state index in [9.17, 15) is 4.39 Å². The smallest absolute Gasteiger partial charge is 0.165 e.